The Morgan fingerprint density at radius 2 is 2.17 bits per heavy atom. The number of nitrogens with zero attached hydrogens (tertiary/aromatic N) is 4. The molecule has 0 bridgehead atoms. The Morgan fingerprint density at radius 1 is 1.33 bits per heavy atom. The highest BCUT2D eigenvalue weighted by molar-refractivity contribution is 6.35. The van der Waals surface area contributed by atoms with Crippen LogP contribution >= 0.6 is 23.2 Å². The summed E-state index contributed by atoms with van der Waals surface area (Å²) in [4.78, 5) is 8.30. The molecule has 1 aromatic heterocycles. The summed E-state index contributed by atoms with van der Waals surface area (Å²) in [6, 6.07) is 5.17. The highest BCUT2D eigenvalue weighted by atomic mass is 35.5. The van der Waals surface area contributed by atoms with Gasteiger partial charge in [0.05, 0.1) is 18.2 Å². The van der Waals surface area contributed by atoms with Crippen molar-refractivity contribution in [1.82, 2.24) is 25.4 Å². The van der Waals surface area contributed by atoms with E-state index in [1.54, 1.807) is 29.9 Å². The van der Waals surface area contributed by atoms with Gasteiger partial charge in [0.1, 0.15) is 17.9 Å². The molecular formula is C15H20Cl2N6O. The summed E-state index contributed by atoms with van der Waals surface area (Å²) >= 11 is 11.9. The van der Waals surface area contributed by atoms with Crippen LogP contribution in [0.15, 0.2) is 29.5 Å². The van der Waals surface area contributed by atoms with E-state index < -0.39 is 0 Å². The van der Waals surface area contributed by atoms with Crippen LogP contribution in [0.4, 0.5) is 0 Å². The number of benzene rings is 1. The molecule has 0 atom stereocenters. The van der Waals surface area contributed by atoms with Gasteiger partial charge in [0.25, 0.3) is 0 Å². The molecule has 2 aromatic rings. The minimum absolute atomic E-state index is 0.511. The lowest BCUT2D eigenvalue weighted by atomic mass is 10.3. The predicted molar refractivity (Wildman–Crippen MR) is 95.8 cm³/mol. The maximum atomic E-state index is 6.05. The molecule has 0 fully saturated rings. The van der Waals surface area contributed by atoms with Gasteiger partial charge in [0.2, 0.25) is 0 Å². The van der Waals surface area contributed by atoms with Crippen LogP contribution in [-0.4, -0.2) is 40.9 Å². The van der Waals surface area contributed by atoms with Crippen molar-refractivity contribution < 1.29 is 4.74 Å². The summed E-state index contributed by atoms with van der Waals surface area (Å²) in [5, 5.41) is 11.5. The number of nitrogens with one attached hydrogen (secondary N) is 2. The lowest BCUT2D eigenvalue weighted by Crippen LogP contribution is -2.38. The quantitative estimate of drug-likeness (QED) is 0.444. The van der Waals surface area contributed by atoms with Crippen LogP contribution in [-0.2, 0) is 13.6 Å². The molecule has 0 aliphatic rings. The standard InChI is InChI=1S/C15H20Cl2N6O/c1-18-15(20-9-14-21-10-22-23(14)2)19-6-3-7-24-13-5-4-11(16)8-12(13)17/h4-5,8,10H,3,6-7,9H2,1-2H3,(H2,18,19,20). The van der Waals surface area contributed by atoms with E-state index in [1.807, 2.05) is 7.05 Å². The van der Waals surface area contributed by atoms with Gasteiger partial charge < -0.3 is 15.4 Å². The topological polar surface area (TPSA) is 76.4 Å². The van der Waals surface area contributed by atoms with Gasteiger partial charge in [-0.25, -0.2) is 4.98 Å². The number of aliphatic imine (C=N–C) groups is 1. The Bertz CT molecular complexity index is 688. The van der Waals surface area contributed by atoms with Crippen LogP contribution < -0.4 is 15.4 Å². The molecule has 0 amide bonds. The number of rotatable bonds is 7. The summed E-state index contributed by atoms with van der Waals surface area (Å²) in [6.45, 7) is 1.80. The van der Waals surface area contributed by atoms with E-state index in [0.717, 1.165) is 12.2 Å². The number of aromatic nitrogens is 3. The normalized spacial score (nSPS) is 11.4. The molecule has 9 heteroatoms. The lowest BCUT2D eigenvalue weighted by molar-refractivity contribution is 0.311. The minimum Gasteiger partial charge on any atom is -0.492 e. The highest BCUT2D eigenvalue weighted by Gasteiger charge is 2.04. The van der Waals surface area contributed by atoms with Gasteiger partial charge in [-0.3, -0.25) is 9.67 Å². The molecular weight excluding hydrogens is 351 g/mol. The fraction of sp³-hybridized carbons (Fsp3) is 0.400. The maximum absolute atomic E-state index is 6.05. The van der Waals surface area contributed by atoms with Crippen molar-refractivity contribution in [3.63, 3.8) is 0 Å². The number of guanidine groups is 1. The van der Waals surface area contributed by atoms with E-state index in [1.165, 1.54) is 6.33 Å². The van der Waals surface area contributed by atoms with Gasteiger partial charge in [0.15, 0.2) is 5.96 Å². The number of hydrogen-bond donors (Lipinski definition) is 2. The monoisotopic (exact) mass is 370 g/mol. The average molecular weight is 371 g/mol. The van der Waals surface area contributed by atoms with E-state index in [0.29, 0.717) is 41.5 Å². The smallest absolute Gasteiger partial charge is 0.191 e. The van der Waals surface area contributed by atoms with Crippen molar-refractivity contribution in [3.8, 4) is 5.75 Å². The van der Waals surface area contributed by atoms with Crippen molar-refractivity contribution in [2.75, 3.05) is 20.2 Å². The second-order valence-electron chi connectivity index (χ2n) is 4.93. The van der Waals surface area contributed by atoms with Gasteiger partial charge in [-0.2, -0.15) is 5.10 Å². The summed E-state index contributed by atoms with van der Waals surface area (Å²) in [5.74, 6) is 2.16. The van der Waals surface area contributed by atoms with Crippen LogP contribution in [0.5, 0.6) is 5.75 Å². The third-order valence-corrected chi connectivity index (χ3v) is 3.74. The first-order valence-electron chi connectivity index (χ1n) is 7.45. The SMILES string of the molecule is CN=C(NCCCOc1ccc(Cl)cc1Cl)NCc1ncnn1C. The third-order valence-electron chi connectivity index (χ3n) is 3.21. The van der Waals surface area contributed by atoms with E-state index in [4.69, 9.17) is 27.9 Å². The Hall–Kier alpha value is -1.99. The van der Waals surface area contributed by atoms with Crippen molar-refractivity contribution >= 4 is 29.2 Å². The first-order chi connectivity index (χ1) is 11.6. The molecule has 0 radical (unpaired) electrons. The first-order valence-corrected chi connectivity index (χ1v) is 8.21. The van der Waals surface area contributed by atoms with Crippen LogP contribution in [0.3, 0.4) is 0 Å². The second-order valence-corrected chi connectivity index (χ2v) is 5.77. The average Bonchev–Trinajstić information content (AvgIpc) is 2.97. The molecule has 2 rings (SSSR count). The molecule has 130 valence electrons. The number of ether oxygens (including phenoxy) is 1. The number of hydrogen-bond acceptors (Lipinski definition) is 4. The summed E-state index contributed by atoms with van der Waals surface area (Å²) in [6.07, 6.45) is 2.32. The van der Waals surface area contributed by atoms with Crippen LogP contribution in [0, 0.1) is 0 Å². The molecule has 7 nitrogen and oxygen atoms in total. The van der Waals surface area contributed by atoms with Crippen LogP contribution in [0.1, 0.15) is 12.2 Å². The molecule has 2 N–H and O–H groups in total. The van der Waals surface area contributed by atoms with E-state index >= 15 is 0 Å². The van der Waals surface area contributed by atoms with Crippen molar-refractivity contribution in [1.29, 1.82) is 0 Å². The fourth-order valence-corrected chi connectivity index (χ4v) is 2.38. The van der Waals surface area contributed by atoms with Crippen LogP contribution in [0.2, 0.25) is 10.0 Å². The zero-order valence-corrected chi connectivity index (χ0v) is 15.1. The Balaban J connectivity index is 1.66. The molecule has 0 unspecified atom stereocenters. The molecule has 0 aliphatic heterocycles. The molecule has 1 aromatic carbocycles. The Labute approximate surface area is 151 Å². The van der Waals surface area contributed by atoms with Crippen molar-refractivity contribution in [2.24, 2.45) is 12.0 Å². The number of aryl methyl sites for hydroxylation is 1. The van der Waals surface area contributed by atoms with Gasteiger partial charge in [0, 0.05) is 25.7 Å². The molecule has 0 saturated carbocycles. The Kier molecular flexibility index (Phi) is 7.14. The van der Waals surface area contributed by atoms with Gasteiger partial charge in [-0.1, -0.05) is 23.2 Å². The van der Waals surface area contributed by atoms with E-state index in [-0.39, 0.29) is 0 Å². The molecule has 0 aliphatic carbocycles. The van der Waals surface area contributed by atoms with Gasteiger partial charge >= 0.3 is 0 Å². The first kappa shape index (κ1) is 18.4. The predicted octanol–water partition coefficient (Wildman–Crippen LogP) is 2.26. The maximum Gasteiger partial charge on any atom is 0.191 e. The third kappa shape index (κ3) is 5.58. The molecule has 0 saturated heterocycles. The Morgan fingerprint density at radius 3 is 2.83 bits per heavy atom. The summed E-state index contributed by atoms with van der Waals surface area (Å²) in [7, 11) is 3.56. The van der Waals surface area contributed by atoms with Gasteiger partial charge in [-0.05, 0) is 24.6 Å². The zero-order chi connectivity index (χ0) is 17.4. The van der Waals surface area contributed by atoms with Gasteiger partial charge in [-0.15, -0.1) is 0 Å². The summed E-state index contributed by atoms with van der Waals surface area (Å²) in [5.41, 5.74) is 0. The highest BCUT2D eigenvalue weighted by Crippen LogP contribution is 2.27. The second kappa shape index (κ2) is 9.34. The van der Waals surface area contributed by atoms with Crippen molar-refractivity contribution in [2.45, 2.75) is 13.0 Å². The molecule has 0 spiro atoms. The van der Waals surface area contributed by atoms with E-state index in [2.05, 4.69) is 25.7 Å². The minimum atomic E-state index is 0.511. The molecule has 24 heavy (non-hydrogen) atoms. The fourth-order valence-electron chi connectivity index (χ4n) is 1.92. The zero-order valence-electron chi connectivity index (χ0n) is 13.6. The van der Waals surface area contributed by atoms with E-state index in [9.17, 15) is 0 Å². The lowest BCUT2D eigenvalue weighted by Gasteiger charge is -2.12. The number of halogens is 2. The summed E-state index contributed by atoms with van der Waals surface area (Å²) < 4.78 is 7.34. The molecule has 1 heterocycles. The largest absolute Gasteiger partial charge is 0.492 e. The van der Waals surface area contributed by atoms with Crippen molar-refractivity contribution in [3.05, 3.63) is 40.4 Å². The van der Waals surface area contributed by atoms with Crippen LogP contribution in [0.25, 0.3) is 0 Å².